The van der Waals surface area contributed by atoms with E-state index in [1.54, 1.807) is 25.8 Å². The molecule has 12 heteroatoms. The highest BCUT2D eigenvalue weighted by Crippen LogP contribution is 2.31. The van der Waals surface area contributed by atoms with E-state index >= 15 is 0 Å². The molecule has 0 saturated carbocycles. The number of amides is 1. The Morgan fingerprint density at radius 1 is 1.08 bits per heavy atom. The summed E-state index contributed by atoms with van der Waals surface area (Å²) in [5.74, 6) is 1.46. The summed E-state index contributed by atoms with van der Waals surface area (Å²) in [7, 11) is 1.57. The fourth-order valence-corrected chi connectivity index (χ4v) is 4.20. The third-order valence-corrected chi connectivity index (χ3v) is 6.04. The summed E-state index contributed by atoms with van der Waals surface area (Å²) in [5.41, 5.74) is 1.46. The molecule has 0 aliphatic carbocycles. The number of hydrogen-bond donors (Lipinski definition) is 0. The van der Waals surface area contributed by atoms with Crippen LogP contribution in [-0.4, -0.2) is 81.1 Å². The van der Waals surface area contributed by atoms with Gasteiger partial charge in [0.15, 0.2) is 22.8 Å². The maximum Gasteiger partial charge on any atom is 0.416 e. The minimum atomic E-state index is -0.616. The molecule has 1 unspecified atom stereocenters. The van der Waals surface area contributed by atoms with Crippen molar-refractivity contribution in [3.63, 3.8) is 0 Å². The van der Waals surface area contributed by atoms with Crippen molar-refractivity contribution >= 4 is 29.0 Å². The van der Waals surface area contributed by atoms with Gasteiger partial charge in [-0.25, -0.2) is 34.6 Å². The van der Waals surface area contributed by atoms with Gasteiger partial charge in [-0.15, -0.1) is 0 Å². The molecule has 12 nitrogen and oxygen atoms in total. The Hall–Kier alpha value is -3.38. The van der Waals surface area contributed by atoms with Crippen molar-refractivity contribution in [2.45, 2.75) is 51.9 Å². The quantitative estimate of drug-likeness (QED) is 0.532. The van der Waals surface area contributed by atoms with E-state index in [9.17, 15) is 4.79 Å². The van der Waals surface area contributed by atoms with E-state index in [-0.39, 0.29) is 12.2 Å². The van der Waals surface area contributed by atoms with Crippen molar-refractivity contribution < 1.29 is 19.0 Å². The average molecular weight is 497 g/mol. The normalized spacial score (nSPS) is 18.9. The van der Waals surface area contributed by atoms with E-state index in [1.165, 1.54) is 4.90 Å². The molecule has 2 fully saturated rings. The summed E-state index contributed by atoms with van der Waals surface area (Å²) in [4.78, 5) is 39.0. The van der Waals surface area contributed by atoms with Gasteiger partial charge in [0, 0.05) is 39.1 Å². The van der Waals surface area contributed by atoms with Crippen LogP contribution >= 0.6 is 0 Å². The largest absolute Gasteiger partial charge is 0.443 e. The summed E-state index contributed by atoms with van der Waals surface area (Å²) < 4.78 is 19.0. The molecule has 2 aliphatic heterocycles. The van der Waals surface area contributed by atoms with Crippen molar-refractivity contribution in [3.05, 3.63) is 18.7 Å². The number of anilines is 2. The van der Waals surface area contributed by atoms with E-state index in [2.05, 4.69) is 19.9 Å². The molecule has 192 valence electrons. The molecule has 0 N–H and O–H groups in total. The number of rotatable bonds is 4. The Balaban J connectivity index is 1.50. The fraction of sp³-hybridized carbons (Fsp3) is 0.583. The zero-order valence-corrected chi connectivity index (χ0v) is 21.2. The van der Waals surface area contributed by atoms with Crippen molar-refractivity contribution in [2.75, 3.05) is 49.8 Å². The number of imidazole rings is 1. The van der Waals surface area contributed by atoms with Crippen molar-refractivity contribution in [1.29, 1.82) is 0 Å². The molecule has 2 saturated heterocycles. The molecular formula is C24H32N8O4. The smallest absolute Gasteiger partial charge is 0.416 e. The molecule has 0 bridgehead atoms. The minimum absolute atomic E-state index is 0.106. The molecule has 36 heavy (non-hydrogen) atoms. The zero-order chi connectivity index (χ0) is 25.3. The SMILES string of the molecule is CN(C(=O)OC(C)(C)C)c1ncc(-c2nc(N3CCOCC3)c3ncn(C4CCCCO4)c3n2)cn1. The lowest BCUT2D eigenvalue weighted by Crippen LogP contribution is -2.37. The van der Waals surface area contributed by atoms with Gasteiger partial charge in [-0.05, 0) is 40.0 Å². The first kappa shape index (κ1) is 24.3. The third kappa shape index (κ3) is 5.09. The second-order valence-electron chi connectivity index (χ2n) is 9.93. The number of hydrogen-bond acceptors (Lipinski definition) is 10. The van der Waals surface area contributed by atoms with Crippen molar-refractivity contribution in [3.8, 4) is 11.4 Å². The van der Waals surface area contributed by atoms with Gasteiger partial charge in [0.1, 0.15) is 11.8 Å². The Morgan fingerprint density at radius 2 is 1.83 bits per heavy atom. The number of nitrogens with zero attached hydrogens (tertiary/aromatic N) is 8. The Morgan fingerprint density at radius 3 is 2.50 bits per heavy atom. The summed E-state index contributed by atoms with van der Waals surface area (Å²) in [6, 6.07) is 0. The maximum absolute atomic E-state index is 12.4. The highest BCUT2D eigenvalue weighted by Gasteiger charge is 2.26. The van der Waals surface area contributed by atoms with Gasteiger partial charge >= 0.3 is 6.09 Å². The second-order valence-corrected chi connectivity index (χ2v) is 9.93. The molecular weight excluding hydrogens is 464 g/mol. The van der Waals surface area contributed by atoms with Crippen LogP contribution in [0.15, 0.2) is 18.7 Å². The van der Waals surface area contributed by atoms with Crippen LogP contribution in [0.1, 0.15) is 46.3 Å². The first-order chi connectivity index (χ1) is 17.3. The van der Waals surface area contributed by atoms with Gasteiger partial charge in [0.25, 0.3) is 0 Å². The van der Waals surface area contributed by atoms with Crippen LogP contribution in [0.4, 0.5) is 16.6 Å². The van der Waals surface area contributed by atoms with E-state index in [4.69, 9.17) is 24.2 Å². The molecule has 0 radical (unpaired) electrons. The summed E-state index contributed by atoms with van der Waals surface area (Å²) in [6.07, 6.45) is 7.45. The number of fused-ring (bicyclic) bond motifs is 1. The van der Waals surface area contributed by atoms with Crippen molar-refractivity contribution in [1.82, 2.24) is 29.5 Å². The lowest BCUT2D eigenvalue weighted by Gasteiger charge is -2.28. The Bertz CT molecular complexity index is 1210. The lowest BCUT2D eigenvalue weighted by molar-refractivity contribution is -0.0298. The molecule has 5 rings (SSSR count). The number of ether oxygens (including phenoxy) is 3. The van der Waals surface area contributed by atoms with Gasteiger partial charge in [-0.3, -0.25) is 4.57 Å². The maximum atomic E-state index is 12.4. The molecule has 0 spiro atoms. The highest BCUT2D eigenvalue weighted by molar-refractivity contribution is 5.86. The van der Waals surface area contributed by atoms with Gasteiger partial charge < -0.3 is 19.1 Å². The number of morpholine rings is 1. The van der Waals surface area contributed by atoms with Crippen LogP contribution in [-0.2, 0) is 14.2 Å². The van der Waals surface area contributed by atoms with Crippen molar-refractivity contribution in [2.24, 2.45) is 0 Å². The standard InChI is InChI=1S/C24H32N8O4/c1-24(2,3)36-23(33)30(4)22-25-13-16(14-26-22)19-28-20(31-8-11-34-12-9-31)18-21(29-19)32(15-27-18)17-7-5-6-10-35-17/h13-15,17H,5-12H2,1-4H3. The third-order valence-electron chi connectivity index (χ3n) is 6.04. The second kappa shape index (κ2) is 9.94. The van der Waals surface area contributed by atoms with Crippen LogP contribution < -0.4 is 9.80 Å². The first-order valence-electron chi connectivity index (χ1n) is 12.3. The van der Waals surface area contributed by atoms with Gasteiger partial charge in [-0.2, -0.15) is 0 Å². The van der Waals surface area contributed by atoms with Crippen LogP contribution in [0, 0.1) is 0 Å². The molecule has 3 aromatic rings. The predicted octanol–water partition coefficient (Wildman–Crippen LogP) is 3.19. The monoisotopic (exact) mass is 496 g/mol. The van der Waals surface area contributed by atoms with Gasteiger partial charge in [0.05, 0.1) is 25.1 Å². The molecule has 0 aromatic carbocycles. The predicted molar refractivity (Wildman–Crippen MR) is 133 cm³/mol. The van der Waals surface area contributed by atoms with Crippen LogP contribution in [0.5, 0.6) is 0 Å². The average Bonchev–Trinajstić information content (AvgIpc) is 3.32. The first-order valence-corrected chi connectivity index (χ1v) is 12.3. The topological polar surface area (TPSA) is 121 Å². The van der Waals surface area contributed by atoms with Crippen LogP contribution in [0.2, 0.25) is 0 Å². The number of aromatic nitrogens is 6. The van der Waals surface area contributed by atoms with E-state index in [1.807, 2.05) is 25.3 Å². The van der Waals surface area contributed by atoms with Gasteiger partial charge in [-0.1, -0.05) is 0 Å². The Labute approximate surface area is 209 Å². The summed E-state index contributed by atoms with van der Waals surface area (Å²) >= 11 is 0. The van der Waals surface area contributed by atoms with E-state index in [0.29, 0.717) is 43.3 Å². The van der Waals surface area contributed by atoms with E-state index < -0.39 is 11.7 Å². The van der Waals surface area contributed by atoms with Crippen LogP contribution in [0.25, 0.3) is 22.6 Å². The molecule has 1 atom stereocenters. The number of carbonyl (C=O) groups excluding carboxylic acids is 1. The zero-order valence-electron chi connectivity index (χ0n) is 21.2. The summed E-state index contributed by atoms with van der Waals surface area (Å²) in [6.45, 7) is 8.84. The lowest BCUT2D eigenvalue weighted by atomic mass is 10.2. The van der Waals surface area contributed by atoms with Crippen LogP contribution in [0.3, 0.4) is 0 Å². The fourth-order valence-electron chi connectivity index (χ4n) is 4.20. The van der Waals surface area contributed by atoms with Gasteiger partial charge in [0.2, 0.25) is 5.95 Å². The van der Waals surface area contributed by atoms with E-state index in [0.717, 1.165) is 37.2 Å². The molecule has 2 aliphatic rings. The Kier molecular flexibility index (Phi) is 6.71. The molecule has 5 heterocycles. The molecule has 1 amide bonds. The highest BCUT2D eigenvalue weighted by atomic mass is 16.6. The summed E-state index contributed by atoms with van der Waals surface area (Å²) in [5, 5.41) is 0. The molecule has 3 aromatic heterocycles. The number of carbonyl (C=O) groups is 1. The minimum Gasteiger partial charge on any atom is -0.443 e.